The zero-order valence-corrected chi connectivity index (χ0v) is 12.3. The molecule has 0 saturated carbocycles. The largest absolute Gasteiger partial charge is 0.497 e. The summed E-state index contributed by atoms with van der Waals surface area (Å²) in [4.78, 5) is 0. The monoisotopic (exact) mass is 288 g/mol. The van der Waals surface area contributed by atoms with E-state index in [-0.39, 0.29) is 0 Å². The summed E-state index contributed by atoms with van der Waals surface area (Å²) in [7, 11) is 1.68. The predicted octanol–water partition coefficient (Wildman–Crippen LogP) is 3.13. The van der Waals surface area contributed by atoms with Gasteiger partial charge >= 0.3 is 0 Å². The maximum absolute atomic E-state index is 5.85. The van der Waals surface area contributed by atoms with Crippen LogP contribution < -0.4 is 10.1 Å². The molecule has 3 heteroatoms. The number of methoxy groups -OCH3 is 1. The Morgan fingerprint density at radius 2 is 1.75 bits per heavy atom. The summed E-state index contributed by atoms with van der Waals surface area (Å²) in [6.45, 7) is 1.92. The minimum atomic E-state index is 0.771. The van der Waals surface area contributed by atoms with Crippen LogP contribution >= 0.6 is 11.6 Å². The van der Waals surface area contributed by atoms with E-state index in [4.69, 9.17) is 16.3 Å². The van der Waals surface area contributed by atoms with E-state index in [9.17, 15) is 0 Å². The highest BCUT2D eigenvalue weighted by Gasteiger charge is 1.95. The molecule has 0 saturated heterocycles. The second-order valence-corrected chi connectivity index (χ2v) is 4.97. The Kier molecular flexibility index (Phi) is 5.66. The minimum Gasteiger partial charge on any atom is -0.497 e. The molecule has 2 rings (SSSR count). The van der Waals surface area contributed by atoms with E-state index < -0.39 is 0 Å². The van der Waals surface area contributed by atoms with Gasteiger partial charge in [-0.15, -0.1) is 0 Å². The molecule has 2 aromatic carbocycles. The highest BCUT2D eigenvalue weighted by molar-refractivity contribution is 6.30. The third-order valence-corrected chi connectivity index (χ3v) is 3.27. The van der Waals surface area contributed by atoms with Crippen molar-refractivity contribution >= 4 is 17.7 Å². The SMILES string of the molecule is COc1ccc(C[NH2+]C/C=C/c2ccc(Cl)cc2)cc1. The minimum absolute atomic E-state index is 0.771. The molecular weight excluding hydrogens is 270 g/mol. The summed E-state index contributed by atoms with van der Waals surface area (Å²) >= 11 is 5.85. The molecule has 0 radical (unpaired) electrons. The van der Waals surface area contributed by atoms with E-state index in [2.05, 4.69) is 29.6 Å². The molecule has 0 amide bonds. The molecule has 0 bridgehead atoms. The van der Waals surface area contributed by atoms with E-state index in [0.717, 1.165) is 23.9 Å². The second kappa shape index (κ2) is 7.73. The van der Waals surface area contributed by atoms with Gasteiger partial charge in [-0.05, 0) is 48.0 Å². The van der Waals surface area contributed by atoms with Crippen molar-refractivity contribution in [1.82, 2.24) is 0 Å². The zero-order valence-electron chi connectivity index (χ0n) is 11.6. The Bertz CT molecular complexity index is 546. The first-order valence-corrected chi connectivity index (χ1v) is 7.02. The van der Waals surface area contributed by atoms with E-state index in [1.165, 1.54) is 11.1 Å². The van der Waals surface area contributed by atoms with Gasteiger partial charge in [0.15, 0.2) is 0 Å². The molecule has 0 aliphatic rings. The van der Waals surface area contributed by atoms with Crippen molar-refractivity contribution in [2.45, 2.75) is 6.54 Å². The number of benzene rings is 2. The first-order valence-electron chi connectivity index (χ1n) is 6.64. The highest BCUT2D eigenvalue weighted by Crippen LogP contribution is 2.11. The van der Waals surface area contributed by atoms with Crippen LogP contribution in [-0.4, -0.2) is 13.7 Å². The topological polar surface area (TPSA) is 25.8 Å². The fourth-order valence-electron chi connectivity index (χ4n) is 1.89. The van der Waals surface area contributed by atoms with Crippen molar-refractivity contribution in [3.8, 4) is 5.75 Å². The van der Waals surface area contributed by atoms with Gasteiger partial charge in [0.1, 0.15) is 12.3 Å². The van der Waals surface area contributed by atoms with Crippen LogP contribution in [0.15, 0.2) is 54.6 Å². The number of halogens is 1. The first kappa shape index (κ1) is 14.6. The first-order chi connectivity index (χ1) is 9.78. The molecular formula is C17H19ClNO+. The highest BCUT2D eigenvalue weighted by atomic mass is 35.5. The van der Waals surface area contributed by atoms with Crippen LogP contribution in [0, 0.1) is 0 Å². The second-order valence-electron chi connectivity index (χ2n) is 4.53. The fourth-order valence-corrected chi connectivity index (χ4v) is 2.01. The van der Waals surface area contributed by atoms with Crippen LogP contribution in [0.3, 0.4) is 0 Å². The van der Waals surface area contributed by atoms with Crippen molar-refractivity contribution in [3.05, 3.63) is 70.8 Å². The summed E-state index contributed by atoms with van der Waals surface area (Å²) < 4.78 is 5.14. The number of ether oxygens (including phenoxy) is 1. The van der Waals surface area contributed by atoms with Gasteiger partial charge in [0.05, 0.1) is 13.7 Å². The van der Waals surface area contributed by atoms with Crippen LogP contribution in [0.25, 0.3) is 6.08 Å². The fraction of sp³-hybridized carbons (Fsp3) is 0.176. The number of nitrogens with two attached hydrogens (primary N) is 1. The Hall–Kier alpha value is -1.77. The smallest absolute Gasteiger partial charge is 0.118 e. The van der Waals surface area contributed by atoms with Gasteiger partial charge in [0.2, 0.25) is 0 Å². The molecule has 2 aromatic rings. The Morgan fingerprint density at radius 3 is 2.40 bits per heavy atom. The summed E-state index contributed by atoms with van der Waals surface area (Å²) in [6, 6.07) is 16.0. The van der Waals surface area contributed by atoms with Crippen molar-refractivity contribution in [2.24, 2.45) is 0 Å². The molecule has 104 valence electrons. The molecule has 0 aromatic heterocycles. The Labute approximate surface area is 125 Å². The molecule has 0 fully saturated rings. The lowest BCUT2D eigenvalue weighted by atomic mass is 10.2. The lowest BCUT2D eigenvalue weighted by Crippen LogP contribution is -2.82. The zero-order chi connectivity index (χ0) is 14.2. The van der Waals surface area contributed by atoms with Crippen LogP contribution in [0.1, 0.15) is 11.1 Å². The predicted molar refractivity (Wildman–Crippen MR) is 84.0 cm³/mol. The van der Waals surface area contributed by atoms with E-state index in [1.54, 1.807) is 7.11 Å². The quantitative estimate of drug-likeness (QED) is 0.812. The van der Waals surface area contributed by atoms with Crippen molar-refractivity contribution in [3.63, 3.8) is 0 Å². The van der Waals surface area contributed by atoms with E-state index in [0.29, 0.717) is 0 Å². The maximum atomic E-state index is 5.85. The van der Waals surface area contributed by atoms with Crippen LogP contribution in [0.5, 0.6) is 5.75 Å². The number of quaternary nitrogens is 1. The molecule has 0 atom stereocenters. The average Bonchev–Trinajstić information content (AvgIpc) is 2.49. The molecule has 0 heterocycles. The van der Waals surface area contributed by atoms with Crippen molar-refractivity contribution in [1.29, 1.82) is 0 Å². The number of hydrogen-bond acceptors (Lipinski definition) is 1. The lowest BCUT2D eigenvalue weighted by molar-refractivity contribution is -0.661. The molecule has 2 nitrogen and oxygen atoms in total. The molecule has 0 aliphatic carbocycles. The van der Waals surface area contributed by atoms with Gasteiger partial charge in [-0.2, -0.15) is 0 Å². The van der Waals surface area contributed by atoms with Gasteiger partial charge in [-0.3, -0.25) is 0 Å². The summed E-state index contributed by atoms with van der Waals surface area (Å²) in [6.07, 6.45) is 4.27. The number of rotatable bonds is 6. The molecule has 20 heavy (non-hydrogen) atoms. The summed E-state index contributed by atoms with van der Waals surface area (Å²) in [5.41, 5.74) is 2.47. The average molecular weight is 289 g/mol. The van der Waals surface area contributed by atoms with Crippen LogP contribution in [0.2, 0.25) is 5.02 Å². The summed E-state index contributed by atoms with van der Waals surface area (Å²) in [5.74, 6) is 0.899. The molecule has 0 unspecified atom stereocenters. The summed E-state index contributed by atoms with van der Waals surface area (Å²) in [5, 5.41) is 3.03. The Morgan fingerprint density at radius 1 is 1.05 bits per heavy atom. The van der Waals surface area contributed by atoms with Crippen LogP contribution in [0.4, 0.5) is 0 Å². The van der Waals surface area contributed by atoms with Gasteiger partial charge in [0, 0.05) is 10.6 Å². The van der Waals surface area contributed by atoms with Gasteiger partial charge < -0.3 is 10.1 Å². The van der Waals surface area contributed by atoms with Crippen molar-refractivity contribution < 1.29 is 10.1 Å². The van der Waals surface area contributed by atoms with Crippen LogP contribution in [-0.2, 0) is 6.54 Å². The molecule has 0 aliphatic heterocycles. The lowest BCUT2D eigenvalue weighted by Gasteiger charge is -2.02. The molecule has 0 spiro atoms. The van der Waals surface area contributed by atoms with Gasteiger partial charge in [0.25, 0.3) is 0 Å². The molecule has 2 N–H and O–H groups in total. The third-order valence-electron chi connectivity index (χ3n) is 3.02. The van der Waals surface area contributed by atoms with Gasteiger partial charge in [-0.1, -0.05) is 29.8 Å². The maximum Gasteiger partial charge on any atom is 0.118 e. The third kappa shape index (κ3) is 4.72. The standard InChI is InChI=1S/C17H18ClNO/c1-20-17-10-6-15(7-11-17)13-19-12-2-3-14-4-8-16(18)9-5-14/h2-11,19H,12-13H2,1H3/p+1/b3-2+. The van der Waals surface area contributed by atoms with E-state index >= 15 is 0 Å². The van der Waals surface area contributed by atoms with Gasteiger partial charge in [-0.25, -0.2) is 0 Å². The normalized spacial score (nSPS) is 10.9. The Balaban J connectivity index is 1.74. The van der Waals surface area contributed by atoms with E-state index in [1.807, 2.05) is 36.4 Å². The van der Waals surface area contributed by atoms with Crippen molar-refractivity contribution in [2.75, 3.05) is 13.7 Å². The number of hydrogen-bond donors (Lipinski definition) is 1.